The Morgan fingerprint density at radius 3 is 2.45 bits per heavy atom. The molecule has 0 unspecified atom stereocenters. The van der Waals surface area contributed by atoms with E-state index in [0.717, 1.165) is 22.5 Å². The minimum Gasteiger partial charge on any atom is -0.478 e. The van der Waals surface area contributed by atoms with Crippen molar-refractivity contribution in [1.82, 2.24) is 9.38 Å². The second-order valence-corrected chi connectivity index (χ2v) is 7.41. The van der Waals surface area contributed by atoms with Gasteiger partial charge in [0.25, 0.3) is 0 Å². The van der Waals surface area contributed by atoms with E-state index in [1.807, 2.05) is 67.6 Å². The van der Waals surface area contributed by atoms with Crippen molar-refractivity contribution in [1.29, 1.82) is 0 Å². The maximum Gasteiger partial charge on any atom is 0.336 e. The zero-order valence-corrected chi connectivity index (χ0v) is 17.7. The van der Waals surface area contributed by atoms with Gasteiger partial charge in [0.2, 0.25) is 5.88 Å². The zero-order chi connectivity index (χ0) is 22.1. The van der Waals surface area contributed by atoms with Gasteiger partial charge in [-0.15, -0.1) is 0 Å². The van der Waals surface area contributed by atoms with E-state index in [9.17, 15) is 15.0 Å². The lowest BCUT2D eigenvalue weighted by Crippen LogP contribution is -2.08. The molecule has 0 aliphatic heterocycles. The molecule has 2 N–H and O–H groups in total. The average molecular weight is 416 g/mol. The number of carboxylic acids is 1. The Morgan fingerprint density at radius 2 is 1.77 bits per heavy atom. The molecule has 0 spiro atoms. The molecule has 31 heavy (non-hydrogen) atoms. The summed E-state index contributed by atoms with van der Waals surface area (Å²) in [5.74, 6) is -0.409. The molecule has 2 heterocycles. The summed E-state index contributed by atoms with van der Waals surface area (Å²) >= 11 is 0. The smallest absolute Gasteiger partial charge is 0.336 e. The standard InChI is InChI=1S/C25H24N2O4/c1-4-31-24-16(3)27-21(14-9-15(2)23(27)26-24)22(28)18-12-10-17(11-13-18)19-7-5-6-8-20(19)25(29)30/h5-14,22,28H,4H2,1-3H3,(H,29,30)/t22-/m1/s1. The Bertz CT molecular complexity index is 1260. The Kier molecular flexibility index (Phi) is 5.48. The summed E-state index contributed by atoms with van der Waals surface area (Å²) in [4.78, 5) is 16.1. The topological polar surface area (TPSA) is 84.1 Å². The van der Waals surface area contributed by atoms with Crippen molar-refractivity contribution in [3.63, 3.8) is 0 Å². The third kappa shape index (κ3) is 3.66. The van der Waals surface area contributed by atoms with Crippen LogP contribution in [0.15, 0.2) is 60.7 Å². The quantitative estimate of drug-likeness (QED) is 0.472. The first-order valence-corrected chi connectivity index (χ1v) is 10.1. The molecule has 4 aromatic rings. The molecule has 0 aliphatic carbocycles. The number of fused-ring (bicyclic) bond motifs is 1. The number of aryl methyl sites for hydroxylation is 2. The second-order valence-electron chi connectivity index (χ2n) is 7.41. The molecule has 158 valence electrons. The normalized spacial score (nSPS) is 12.1. The molecule has 1 atom stereocenters. The molecule has 0 radical (unpaired) electrons. The summed E-state index contributed by atoms with van der Waals surface area (Å²) in [6.45, 7) is 6.33. The Balaban J connectivity index is 1.74. The predicted octanol–water partition coefficient (Wildman–Crippen LogP) is 4.80. The van der Waals surface area contributed by atoms with Crippen LogP contribution in [-0.2, 0) is 0 Å². The van der Waals surface area contributed by atoms with Crippen LogP contribution >= 0.6 is 0 Å². The molecular weight excluding hydrogens is 392 g/mol. The number of benzene rings is 2. The predicted molar refractivity (Wildman–Crippen MR) is 119 cm³/mol. The van der Waals surface area contributed by atoms with Crippen LogP contribution in [0.3, 0.4) is 0 Å². The van der Waals surface area contributed by atoms with Crippen LogP contribution in [0, 0.1) is 13.8 Å². The van der Waals surface area contributed by atoms with Crippen molar-refractivity contribution in [2.24, 2.45) is 0 Å². The van der Waals surface area contributed by atoms with Gasteiger partial charge >= 0.3 is 5.97 Å². The number of nitrogens with zero attached hydrogens (tertiary/aromatic N) is 2. The highest BCUT2D eigenvalue weighted by molar-refractivity contribution is 5.96. The molecule has 0 amide bonds. The highest BCUT2D eigenvalue weighted by Gasteiger charge is 2.20. The van der Waals surface area contributed by atoms with Crippen LogP contribution in [0.5, 0.6) is 5.88 Å². The Morgan fingerprint density at radius 1 is 1.06 bits per heavy atom. The molecular formula is C25H24N2O4. The van der Waals surface area contributed by atoms with Gasteiger partial charge in [-0.25, -0.2) is 4.79 Å². The maximum absolute atomic E-state index is 11.5. The summed E-state index contributed by atoms with van der Waals surface area (Å²) in [5, 5.41) is 20.6. The van der Waals surface area contributed by atoms with E-state index < -0.39 is 12.1 Å². The monoisotopic (exact) mass is 416 g/mol. The fourth-order valence-electron chi connectivity index (χ4n) is 3.85. The van der Waals surface area contributed by atoms with Gasteiger partial charge in [-0.2, -0.15) is 4.98 Å². The Labute approximate surface area is 180 Å². The second kappa shape index (κ2) is 8.24. The lowest BCUT2D eigenvalue weighted by atomic mass is 9.97. The molecule has 0 saturated carbocycles. The number of imidazole rings is 1. The summed E-state index contributed by atoms with van der Waals surface area (Å²) < 4.78 is 7.58. The van der Waals surface area contributed by atoms with E-state index in [4.69, 9.17) is 4.74 Å². The summed E-state index contributed by atoms with van der Waals surface area (Å²) in [6, 6.07) is 18.0. The van der Waals surface area contributed by atoms with Crippen molar-refractivity contribution in [2.75, 3.05) is 6.61 Å². The van der Waals surface area contributed by atoms with Gasteiger partial charge in [0.05, 0.1) is 23.6 Å². The van der Waals surface area contributed by atoms with Crippen molar-refractivity contribution in [3.8, 4) is 17.0 Å². The number of aliphatic hydroxyl groups excluding tert-OH is 1. The Hall–Kier alpha value is -3.64. The van der Waals surface area contributed by atoms with E-state index >= 15 is 0 Å². The molecule has 0 aliphatic rings. The first-order valence-electron chi connectivity index (χ1n) is 10.1. The van der Waals surface area contributed by atoms with E-state index in [1.54, 1.807) is 18.2 Å². The molecule has 0 saturated heterocycles. The largest absolute Gasteiger partial charge is 0.478 e. The van der Waals surface area contributed by atoms with Crippen LogP contribution in [-0.4, -0.2) is 32.2 Å². The zero-order valence-electron chi connectivity index (χ0n) is 17.7. The van der Waals surface area contributed by atoms with Crippen LogP contribution < -0.4 is 4.74 Å². The number of aromatic carboxylic acids is 1. The molecule has 0 fully saturated rings. The van der Waals surface area contributed by atoms with Crippen LogP contribution in [0.4, 0.5) is 0 Å². The summed E-state index contributed by atoms with van der Waals surface area (Å²) in [7, 11) is 0. The average Bonchev–Trinajstić information content (AvgIpc) is 3.11. The highest BCUT2D eigenvalue weighted by Crippen LogP contribution is 2.31. The van der Waals surface area contributed by atoms with Crippen LogP contribution in [0.1, 0.15) is 45.9 Å². The van der Waals surface area contributed by atoms with Crippen molar-refractivity contribution in [2.45, 2.75) is 26.9 Å². The molecule has 0 bridgehead atoms. The van der Waals surface area contributed by atoms with E-state index in [-0.39, 0.29) is 5.56 Å². The van der Waals surface area contributed by atoms with E-state index in [1.165, 1.54) is 0 Å². The molecule has 2 aromatic heterocycles. The van der Waals surface area contributed by atoms with Gasteiger partial charge in [-0.05, 0) is 55.2 Å². The number of ether oxygens (including phenoxy) is 1. The van der Waals surface area contributed by atoms with Gasteiger partial charge < -0.3 is 14.9 Å². The van der Waals surface area contributed by atoms with Gasteiger partial charge in [0.15, 0.2) is 0 Å². The number of rotatable bonds is 6. The number of hydrogen-bond acceptors (Lipinski definition) is 4. The lowest BCUT2D eigenvalue weighted by Gasteiger charge is -2.16. The van der Waals surface area contributed by atoms with Crippen LogP contribution in [0.25, 0.3) is 16.8 Å². The van der Waals surface area contributed by atoms with Gasteiger partial charge in [-0.3, -0.25) is 4.40 Å². The summed E-state index contributed by atoms with van der Waals surface area (Å²) in [6.07, 6.45) is -0.880. The maximum atomic E-state index is 11.5. The van der Waals surface area contributed by atoms with Crippen molar-refractivity contribution >= 4 is 11.6 Å². The first kappa shape index (κ1) is 20.6. The third-order valence-corrected chi connectivity index (χ3v) is 5.44. The number of carbonyl (C=O) groups is 1. The highest BCUT2D eigenvalue weighted by atomic mass is 16.5. The van der Waals surface area contributed by atoms with Gasteiger partial charge in [0.1, 0.15) is 11.8 Å². The molecule has 2 aromatic carbocycles. The minimum atomic E-state index is -0.970. The van der Waals surface area contributed by atoms with E-state index in [0.29, 0.717) is 29.3 Å². The molecule has 6 nitrogen and oxygen atoms in total. The van der Waals surface area contributed by atoms with Gasteiger partial charge in [0, 0.05) is 0 Å². The van der Waals surface area contributed by atoms with Gasteiger partial charge in [-0.1, -0.05) is 48.5 Å². The number of hydrogen-bond donors (Lipinski definition) is 2. The number of aliphatic hydroxyl groups is 1. The first-order chi connectivity index (χ1) is 14.9. The third-order valence-electron chi connectivity index (χ3n) is 5.44. The fourth-order valence-corrected chi connectivity index (χ4v) is 3.85. The SMILES string of the molecule is CCOc1nc2c(C)ccc([C@H](O)c3ccc(-c4ccccc4C(=O)O)cc3)n2c1C. The van der Waals surface area contributed by atoms with Crippen molar-refractivity contribution in [3.05, 3.63) is 88.7 Å². The minimum absolute atomic E-state index is 0.244. The fraction of sp³-hybridized carbons (Fsp3) is 0.200. The van der Waals surface area contributed by atoms with Crippen LogP contribution in [0.2, 0.25) is 0 Å². The van der Waals surface area contributed by atoms with Crippen molar-refractivity contribution < 1.29 is 19.7 Å². The summed E-state index contributed by atoms with van der Waals surface area (Å²) in [5.41, 5.74) is 5.63. The lowest BCUT2D eigenvalue weighted by molar-refractivity contribution is 0.0697. The number of aromatic nitrogens is 2. The molecule has 4 rings (SSSR count). The number of carboxylic acid groups (broad SMARTS) is 1. The molecule has 6 heteroatoms. The van der Waals surface area contributed by atoms with E-state index in [2.05, 4.69) is 4.98 Å². The number of pyridine rings is 1.